The van der Waals surface area contributed by atoms with Crippen molar-refractivity contribution in [2.45, 2.75) is 361 Å². The quantitative estimate of drug-likeness (QED) is 0.0261. The Morgan fingerprint density at radius 1 is 0.274 bits per heavy atom. The summed E-state index contributed by atoms with van der Waals surface area (Å²) in [7, 11) is 0. The lowest BCUT2D eigenvalue weighted by Crippen LogP contribution is -2.30. The Hall–Kier alpha value is -2.37. The summed E-state index contributed by atoms with van der Waals surface area (Å²) in [5.41, 5.74) is 0. The van der Waals surface area contributed by atoms with Gasteiger partial charge < -0.3 is 14.2 Å². The van der Waals surface area contributed by atoms with E-state index >= 15 is 0 Å². The first-order valence-electron chi connectivity index (χ1n) is 32.5. The van der Waals surface area contributed by atoms with Gasteiger partial charge in [-0.3, -0.25) is 14.4 Å². The maximum Gasteiger partial charge on any atom is 0.306 e. The summed E-state index contributed by atoms with van der Waals surface area (Å²) < 4.78 is 16.9. The first-order chi connectivity index (χ1) is 36.0. The predicted molar refractivity (Wildman–Crippen MR) is 316 cm³/mol. The van der Waals surface area contributed by atoms with E-state index in [0.717, 1.165) is 64.2 Å². The van der Waals surface area contributed by atoms with Crippen LogP contribution in [0.2, 0.25) is 0 Å². The van der Waals surface area contributed by atoms with Gasteiger partial charge in [-0.15, -0.1) is 0 Å². The molecule has 0 aliphatic carbocycles. The van der Waals surface area contributed by atoms with Crippen molar-refractivity contribution in [3.63, 3.8) is 0 Å². The van der Waals surface area contributed by atoms with Gasteiger partial charge in [-0.1, -0.05) is 295 Å². The van der Waals surface area contributed by atoms with Gasteiger partial charge in [-0.25, -0.2) is 0 Å². The van der Waals surface area contributed by atoms with E-state index in [1.807, 2.05) is 0 Å². The highest BCUT2D eigenvalue weighted by Crippen LogP contribution is 2.17. The van der Waals surface area contributed by atoms with Crippen molar-refractivity contribution < 1.29 is 28.6 Å². The van der Waals surface area contributed by atoms with Crippen molar-refractivity contribution in [1.29, 1.82) is 0 Å². The highest BCUT2D eigenvalue weighted by atomic mass is 16.6. The molecule has 0 aliphatic heterocycles. The zero-order valence-corrected chi connectivity index (χ0v) is 49.2. The average Bonchev–Trinajstić information content (AvgIpc) is 3.39. The molecule has 6 heteroatoms. The Morgan fingerprint density at radius 3 is 0.767 bits per heavy atom. The number of esters is 3. The molecule has 0 aromatic carbocycles. The third-order valence-corrected chi connectivity index (χ3v) is 14.6. The van der Waals surface area contributed by atoms with Crippen molar-refractivity contribution in [1.82, 2.24) is 0 Å². The fraction of sp³-hybridized carbons (Fsp3) is 0.866. The van der Waals surface area contributed by atoms with E-state index in [1.54, 1.807) is 0 Å². The summed E-state index contributed by atoms with van der Waals surface area (Å²) in [6.45, 7) is 6.66. The van der Waals surface area contributed by atoms with Gasteiger partial charge >= 0.3 is 17.9 Å². The SMILES string of the molecule is CCCCCCC/C=C\C/C=C\CCCCCCCCCCCCCC(=O)OCC(COC(=O)CCCCCCCCCCC)OC(=O)CCCCCCCCCCCCC/C=C\CCCCCCCCCC. The molecule has 1 atom stereocenters. The molecule has 1 unspecified atom stereocenters. The van der Waals surface area contributed by atoms with Crippen LogP contribution in [0.15, 0.2) is 36.5 Å². The number of allylic oxidation sites excluding steroid dienone is 6. The minimum absolute atomic E-state index is 0.0689. The fourth-order valence-electron chi connectivity index (χ4n) is 9.71. The zero-order valence-electron chi connectivity index (χ0n) is 49.2. The Bertz CT molecular complexity index is 1220. The summed E-state index contributed by atoms with van der Waals surface area (Å²) >= 11 is 0. The molecular weight excluding hydrogens is 901 g/mol. The van der Waals surface area contributed by atoms with Crippen molar-refractivity contribution in [3.8, 4) is 0 Å². The molecule has 73 heavy (non-hydrogen) atoms. The van der Waals surface area contributed by atoms with Crippen LogP contribution < -0.4 is 0 Å². The molecule has 0 aromatic heterocycles. The minimum atomic E-state index is -0.770. The lowest BCUT2D eigenvalue weighted by molar-refractivity contribution is -0.167. The van der Waals surface area contributed by atoms with Crippen LogP contribution in [-0.2, 0) is 28.6 Å². The summed E-state index contributed by atoms with van der Waals surface area (Å²) in [6.07, 6.45) is 75.9. The molecule has 0 aromatic rings. The molecular formula is C67H124O6. The molecule has 0 aliphatic rings. The molecule has 6 nitrogen and oxygen atoms in total. The summed E-state index contributed by atoms with van der Waals surface area (Å²) in [6, 6.07) is 0. The Labute approximate surface area is 455 Å². The second-order valence-electron chi connectivity index (χ2n) is 22.0. The predicted octanol–water partition coefficient (Wildman–Crippen LogP) is 22.0. The monoisotopic (exact) mass is 1020 g/mol. The van der Waals surface area contributed by atoms with E-state index in [4.69, 9.17) is 14.2 Å². The lowest BCUT2D eigenvalue weighted by Gasteiger charge is -2.18. The third kappa shape index (κ3) is 60.4. The number of carbonyl (C=O) groups excluding carboxylic acids is 3. The van der Waals surface area contributed by atoms with Gasteiger partial charge in [0.15, 0.2) is 6.10 Å². The van der Waals surface area contributed by atoms with E-state index in [1.165, 1.54) is 250 Å². The normalized spacial score (nSPS) is 12.2. The number of hydrogen-bond donors (Lipinski definition) is 0. The highest BCUT2D eigenvalue weighted by Gasteiger charge is 2.19. The first kappa shape index (κ1) is 70.6. The van der Waals surface area contributed by atoms with Crippen LogP contribution in [0.4, 0.5) is 0 Å². The van der Waals surface area contributed by atoms with Crippen LogP contribution in [0, 0.1) is 0 Å². The van der Waals surface area contributed by atoms with Crippen LogP contribution >= 0.6 is 0 Å². The highest BCUT2D eigenvalue weighted by molar-refractivity contribution is 5.71. The minimum Gasteiger partial charge on any atom is -0.462 e. The number of carbonyl (C=O) groups is 3. The van der Waals surface area contributed by atoms with Gasteiger partial charge in [0.2, 0.25) is 0 Å². The second kappa shape index (κ2) is 62.2. The summed E-state index contributed by atoms with van der Waals surface area (Å²) in [5.74, 6) is -0.853. The van der Waals surface area contributed by atoms with Crippen LogP contribution in [-0.4, -0.2) is 37.2 Å². The molecule has 0 amide bonds. The van der Waals surface area contributed by atoms with Crippen LogP contribution in [0.1, 0.15) is 355 Å². The Balaban J connectivity index is 4.18. The second-order valence-corrected chi connectivity index (χ2v) is 22.0. The molecule has 0 saturated heterocycles. The standard InChI is InChI=1S/C67H124O6/c1-4-7-10-13-16-19-21-23-25-27-29-31-33-35-37-39-41-43-45-48-51-54-57-60-66(69)72-63-64(62-71-65(68)59-56-53-50-47-18-15-12-9-6-3)73-67(70)61-58-55-52-49-46-44-42-40-38-36-34-32-30-28-26-24-22-20-17-14-11-8-5-2/h21,23,27-30,64H,4-20,22,24-26,31-63H2,1-3H3/b23-21-,29-27-,30-28-. The van der Waals surface area contributed by atoms with Gasteiger partial charge in [0.05, 0.1) is 0 Å². The number of rotatable bonds is 60. The van der Waals surface area contributed by atoms with Gasteiger partial charge in [-0.2, -0.15) is 0 Å². The molecule has 0 N–H and O–H groups in total. The van der Waals surface area contributed by atoms with E-state index in [2.05, 4.69) is 57.2 Å². The van der Waals surface area contributed by atoms with E-state index < -0.39 is 6.10 Å². The first-order valence-corrected chi connectivity index (χ1v) is 32.5. The topological polar surface area (TPSA) is 78.9 Å². The molecule has 0 rings (SSSR count). The molecule has 0 fully saturated rings. The third-order valence-electron chi connectivity index (χ3n) is 14.6. The molecule has 428 valence electrons. The van der Waals surface area contributed by atoms with Crippen LogP contribution in [0.3, 0.4) is 0 Å². The van der Waals surface area contributed by atoms with Crippen LogP contribution in [0.5, 0.6) is 0 Å². The lowest BCUT2D eigenvalue weighted by atomic mass is 10.0. The maximum absolute atomic E-state index is 12.9. The fourth-order valence-corrected chi connectivity index (χ4v) is 9.71. The van der Waals surface area contributed by atoms with Crippen molar-refractivity contribution in [2.75, 3.05) is 13.2 Å². The van der Waals surface area contributed by atoms with Crippen molar-refractivity contribution in [2.24, 2.45) is 0 Å². The smallest absolute Gasteiger partial charge is 0.306 e. The maximum atomic E-state index is 12.9. The molecule has 0 heterocycles. The number of ether oxygens (including phenoxy) is 3. The molecule has 0 spiro atoms. The molecule has 0 bridgehead atoms. The molecule has 0 radical (unpaired) electrons. The Morgan fingerprint density at radius 2 is 0.493 bits per heavy atom. The Kier molecular flexibility index (Phi) is 60.2. The largest absolute Gasteiger partial charge is 0.462 e. The van der Waals surface area contributed by atoms with E-state index in [-0.39, 0.29) is 31.1 Å². The number of unbranched alkanes of at least 4 members (excludes halogenated alkanes) is 43. The van der Waals surface area contributed by atoms with Crippen molar-refractivity contribution in [3.05, 3.63) is 36.5 Å². The van der Waals surface area contributed by atoms with Gasteiger partial charge in [0, 0.05) is 19.3 Å². The van der Waals surface area contributed by atoms with Crippen LogP contribution in [0.25, 0.3) is 0 Å². The van der Waals surface area contributed by atoms with E-state index in [9.17, 15) is 14.4 Å². The summed E-state index contributed by atoms with van der Waals surface area (Å²) in [4.78, 5) is 38.2. The zero-order chi connectivity index (χ0) is 52.9. The average molecular weight is 1030 g/mol. The molecule has 0 saturated carbocycles. The van der Waals surface area contributed by atoms with Gasteiger partial charge in [-0.05, 0) is 77.0 Å². The van der Waals surface area contributed by atoms with E-state index in [0.29, 0.717) is 19.3 Å². The van der Waals surface area contributed by atoms with Gasteiger partial charge in [0.25, 0.3) is 0 Å². The van der Waals surface area contributed by atoms with Gasteiger partial charge in [0.1, 0.15) is 13.2 Å². The van der Waals surface area contributed by atoms with Crippen molar-refractivity contribution >= 4 is 17.9 Å². The number of hydrogen-bond acceptors (Lipinski definition) is 6. The summed E-state index contributed by atoms with van der Waals surface area (Å²) in [5, 5.41) is 0.